The Hall–Kier alpha value is -1.88. The Morgan fingerprint density at radius 2 is 2.00 bits per heavy atom. The lowest BCUT2D eigenvalue weighted by Crippen LogP contribution is -2.33. The van der Waals surface area contributed by atoms with E-state index in [1.807, 2.05) is 44.2 Å². The number of hydrogen-bond acceptors (Lipinski definition) is 3. The maximum Gasteiger partial charge on any atom is 0.303 e. The van der Waals surface area contributed by atoms with E-state index < -0.39 is 5.97 Å². The number of carbonyl (C=O) groups is 2. The highest BCUT2D eigenvalue weighted by Crippen LogP contribution is 2.16. The number of aliphatic carboxylic acids is 1. The zero-order chi connectivity index (χ0) is 15.7. The van der Waals surface area contributed by atoms with Gasteiger partial charge in [-0.2, -0.15) is 0 Å². The molecule has 1 rings (SSSR count). The van der Waals surface area contributed by atoms with E-state index in [4.69, 9.17) is 9.94 Å². The lowest BCUT2D eigenvalue weighted by Gasteiger charge is -2.26. The minimum Gasteiger partial charge on any atom is -0.481 e. The van der Waals surface area contributed by atoms with Crippen LogP contribution in [0.1, 0.15) is 38.7 Å². The van der Waals surface area contributed by atoms with Crippen molar-refractivity contribution in [3.8, 4) is 0 Å². The SMILES string of the molecule is CC(CCC(=O)O)C[C@@H](C)N(C=O)OCc1ccccc1. The van der Waals surface area contributed by atoms with Crippen molar-refractivity contribution in [3.05, 3.63) is 35.9 Å². The molecule has 0 bridgehead atoms. The number of hydrogen-bond donors (Lipinski definition) is 1. The molecule has 0 heterocycles. The minimum absolute atomic E-state index is 0.0880. The molecule has 5 nitrogen and oxygen atoms in total. The number of rotatable bonds is 10. The average molecular weight is 293 g/mol. The quantitative estimate of drug-likeness (QED) is 0.532. The van der Waals surface area contributed by atoms with Gasteiger partial charge in [0, 0.05) is 6.42 Å². The van der Waals surface area contributed by atoms with E-state index >= 15 is 0 Å². The topological polar surface area (TPSA) is 66.8 Å². The molecule has 5 heteroatoms. The Morgan fingerprint density at radius 3 is 2.57 bits per heavy atom. The lowest BCUT2D eigenvalue weighted by atomic mass is 9.98. The van der Waals surface area contributed by atoms with Crippen molar-refractivity contribution in [1.82, 2.24) is 5.06 Å². The van der Waals surface area contributed by atoms with E-state index in [0.29, 0.717) is 25.9 Å². The van der Waals surface area contributed by atoms with Gasteiger partial charge in [-0.3, -0.25) is 14.4 Å². The first-order chi connectivity index (χ1) is 10.0. The molecule has 116 valence electrons. The summed E-state index contributed by atoms with van der Waals surface area (Å²) in [5.74, 6) is -0.569. The fourth-order valence-electron chi connectivity index (χ4n) is 2.16. The van der Waals surface area contributed by atoms with Crippen molar-refractivity contribution in [1.29, 1.82) is 0 Å². The fraction of sp³-hybridized carbons (Fsp3) is 0.500. The fourth-order valence-corrected chi connectivity index (χ4v) is 2.16. The maximum absolute atomic E-state index is 11.1. The normalized spacial score (nSPS) is 13.4. The molecule has 0 saturated carbocycles. The summed E-state index contributed by atoms with van der Waals surface area (Å²) in [5.41, 5.74) is 0.996. The second kappa shape index (κ2) is 9.13. The summed E-state index contributed by atoms with van der Waals surface area (Å²) in [7, 11) is 0. The van der Waals surface area contributed by atoms with Crippen LogP contribution in [0.5, 0.6) is 0 Å². The van der Waals surface area contributed by atoms with E-state index in [0.717, 1.165) is 5.56 Å². The molecule has 0 fully saturated rings. The molecule has 21 heavy (non-hydrogen) atoms. The monoisotopic (exact) mass is 293 g/mol. The smallest absolute Gasteiger partial charge is 0.303 e. The van der Waals surface area contributed by atoms with E-state index in [1.165, 1.54) is 5.06 Å². The molecular formula is C16H23NO4. The largest absolute Gasteiger partial charge is 0.481 e. The molecule has 1 unspecified atom stereocenters. The molecule has 0 aliphatic carbocycles. The lowest BCUT2D eigenvalue weighted by molar-refractivity contribution is -0.192. The average Bonchev–Trinajstić information content (AvgIpc) is 2.47. The molecular weight excluding hydrogens is 270 g/mol. The van der Waals surface area contributed by atoms with Gasteiger partial charge in [-0.1, -0.05) is 37.3 Å². The van der Waals surface area contributed by atoms with Crippen LogP contribution in [-0.4, -0.2) is 28.6 Å². The highest BCUT2D eigenvalue weighted by atomic mass is 16.7. The van der Waals surface area contributed by atoms with Crippen LogP contribution < -0.4 is 0 Å². The van der Waals surface area contributed by atoms with Crippen molar-refractivity contribution in [2.75, 3.05) is 0 Å². The van der Waals surface area contributed by atoms with Crippen molar-refractivity contribution >= 4 is 12.4 Å². The molecule has 0 aliphatic rings. The number of amides is 1. The van der Waals surface area contributed by atoms with Gasteiger partial charge in [-0.15, -0.1) is 0 Å². The van der Waals surface area contributed by atoms with Gasteiger partial charge in [0.1, 0.15) is 6.61 Å². The number of benzene rings is 1. The predicted octanol–water partition coefficient (Wildman–Crippen LogP) is 2.86. The van der Waals surface area contributed by atoms with Crippen LogP contribution in [0.25, 0.3) is 0 Å². The molecule has 1 amide bonds. The van der Waals surface area contributed by atoms with E-state index in [9.17, 15) is 9.59 Å². The molecule has 0 aliphatic heterocycles. The molecule has 1 aromatic carbocycles. The summed E-state index contributed by atoms with van der Waals surface area (Å²) in [6.45, 7) is 4.23. The van der Waals surface area contributed by atoms with Crippen molar-refractivity contribution < 1.29 is 19.5 Å². The summed E-state index contributed by atoms with van der Waals surface area (Å²) >= 11 is 0. The predicted molar refractivity (Wildman–Crippen MR) is 79.2 cm³/mol. The second-order valence-corrected chi connectivity index (χ2v) is 5.35. The molecule has 2 atom stereocenters. The molecule has 0 radical (unpaired) electrons. The zero-order valence-electron chi connectivity index (χ0n) is 12.6. The molecule has 0 spiro atoms. The molecule has 1 N–H and O–H groups in total. The summed E-state index contributed by atoms with van der Waals surface area (Å²) in [4.78, 5) is 27.2. The Kier molecular flexibility index (Phi) is 7.46. The number of carboxylic acids is 1. The van der Waals surface area contributed by atoms with Crippen molar-refractivity contribution in [2.24, 2.45) is 5.92 Å². The van der Waals surface area contributed by atoms with E-state index in [-0.39, 0.29) is 18.4 Å². The number of hydroxylamine groups is 2. The van der Waals surface area contributed by atoms with Gasteiger partial charge in [-0.05, 0) is 31.2 Å². The van der Waals surface area contributed by atoms with Gasteiger partial charge < -0.3 is 5.11 Å². The van der Waals surface area contributed by atoms with Crippen LogP contribution in [-0.2, 0) is 21.0 Å². The molecule has 0 saturated heterocycles. The summed E-state index contributed by atoms with van der Waals surface area (Å²) in [6, 6.07) is 9.54. The third-order valence-corrected chi connectivity index (χ3v) is 3.36. The van der Waals surface area contributed by atoms with Gasteiger partial charge in [0.15, 0.2) is 0 Å². The second-order valence-electron chi connectivity index (χ2n) is 5.35. The van der Waals surface area contributed by atoms with E-state index in [1.54, 1.807) is 0 Å². The Bertz CT molecular complexity index is 435. The van der Waals surface area contributed by atoms with Crippen molar-refractivity contribution in [3.63, 3.8) is 0 Å². The number of carbonyl (C=O) groups excluding carboxylic acids is 1. The Morgan fingerprint density at radius 1 is 1.33 bits per heavy atom. The van der Waals surface area contributed by atoms with Crippen LogP contribution in [0.4, 0.5) is 0 Å². The third kappa shape index (κ3) is 6.90. The standard InChI is InChI=1S/C16H23NO4/c1-13(8-9-16(19)20)10-14(2)17(12-18)21-11-15-6-4-3-5-7-15/h3-7,12-14H,8-11H2,1-2H3,(H,19,20)/t13?,14-/m1/s1. The first kappa shape index (κ1) is 17.2. The minimum atomic E-state index is -0.790. The zero-order valence-corrected chi connectivity index (χ0v) is 12.6. The molecule has 0 aromatic heterocycles. The van der Waals surface area contributed by atoms with E-state index in [2.05, 4.69) is 0 Å². The number of nitrogens with zero attached hydrogens (tertiary/aromatic N) is 1. The van der Waals surface area contributed by atoms with Gasteiger partial charge >= 0.3 is 5.97 Å². The summed E-state index contributed by atoms with van der Waals surface area (Å²) in [5, 5.41) is 9.98. The first-order valence-corrected chi connectivity index (χ1v) is 7.15. The van der Waals surface area contributed by atoms with Gasteiger partial charge in [0.2, 0.25) is 6.41 Å². The van der Waals surface area contributed by atoms with Gasteiger partial charge in [0.05, 0.1) is 6.04 Å². The van der Waals surface area contributed by atoms with Crippen LogP contribution in [0, 0.1) is 5.92 Å². The Labute approximate surface area is 125 Å². The van der Waals surface area contributed by atoms with Crippen LogP contribution in [0.15, 0.2) is 30.3 Å². The molecule has 1 aromatic rings. The maximum atomic E-state index is 11.1. The van der Waals surface area contributed by atoms with Crippen LogP contribution in [0.3, 0.4) is 0 Å². The van der Waals surface area contributed by atoms with Crippen LogP contribution >= 0.6 is 0 Å². The number of carboxylic acid groups (broad SMARTS) is 1. The highest BCUT2D eigenvalue weighted by molar-refractivity contribution is 5.66. The highest BCUT2D eigenvalue weighted by Gasteiger charge is 2.17. The van der Waals surface area contributed by atoms with Gasteiger partial charge in [0.25, 0.3) is 0 Å². The summed E-state index contributed by atoms with van der Waals surface area (Å²) < 4.78 is 0. The van der Waals surface area contributed by atoms with Crippen molar-refractivity contribution in [2.45, 2.75) is 45.8 Å². The summed E-state index contributed by atoms with van der Waals surface area (Å²) in [6.07, 6.45) is 2.14. The first-order valence-electron chi connectivity index (χ1n) is 7.15. The third-order valence-electron chi connectivity index (χ3n) is 3.36. The Balaban J connectivity index is 2.40. The van der Waals surface area contributed by atoms with Crippen LogP contribution in [0.2, 0.25) is 0 Å². The van der Waals surface area contributed by atoms with Gasteiger partial charge in [-0.25, -0.2) is 5.06 Å².